The van der Waals surface area contributed by atoms with Gasteiger partial charge in [-0.15, -0.1) is 24.0 Å². The van der Waals surface area contributed by atoms with Crippen molar-refractivity contribution in [2.24, 2.45) is 4.99 Å². The molecule has 1 amide bonds. The molecule has 2 N–H and O–H groups in total. The van der Waals surface area contributed by atoms with Gasteiger partial charge in [-0.05, 0) is 66.4 Å². The number of pyridine rings is 1. The SMILES string of the molecule is CN=C(NCc1ccc(C(=O)N(C)C)cc1)NCc1ccnc(Oc2ccc(C)c(C)c2)c1.I. The molecule has 0 radical (unpaired) electrons. The van der Waals surface area contributed by atoms with E-state index in [1.807, 2.05) is 54.6 Å². The molecule has 0 bridgehead atoms. The lowest BCUT2D eigenvalue weighted by molar-refractivity contribution is 0.0827. The van der Waals surface area contributed by atoms with Crippen LogP contribution in [0.15, 0.2) is 65.8 Å². The van der Waals surface area contributed by atoms with Crippen molar-refractivity contribution in [1.29, 1.82) is 0 Å². The van der Waals surface area contributed by atoms with Gasteiger partial charge in [0.05, 0.1) is 0 Å². The molecule has 1 aromatic heterocycles. The molecule has 3 aromatic rings. The van der Waals surface area contributed by atoms with Crippen LogP contribution in [0.3, 0.4) is 0 Å². The van der Waals surface area contributed by atoms with Gasteiger partial charge in [-0.3, -0.25) is 9.79 Å². The maximum atomic E-state index is 12.0. The normalized spacial score (nSPS) is 10.8. The Labute approximate surface area is 218 Å². The number of rotatable bonds is 7. The number of aryl methyl sites for hydroxylation is 2. The van der Waals surface area contributed by atoms with Crippen LogP contribution < -0.4 is 15.4 Å². The van der Waals surface area contributed by atoms with Crippen LogP contribution in [0.2, 0.25) is 0 Å². The zero-order chi connectivity index (χ0) is 23.8. The van der Waals surface area contributed by atoms with Crippen molar-refractivity contribution in [1.82, 2.24) is 20.5 Å². The molecule has 2 aromatic carbocycles. The zero-order valence-electron chi connectivity index (χ0n) is 20.3. The summed E-state index contributed by atoms with van der Waals surface area (Å²) in [4.78, 5) is 22.2. The van der Waals surface area contributed by atoms with Crippen LogP contribution in [-0.4, -0.2) is 42.9 Å². The third-order valence-electron chi connectivity index (χ3n) is 5.25. The summed E-state index contributed by atoms with van der Waals surface area (Å²) in [6, 6.07) is 17.4. The Balaban J connectivity index is 0.00000408. The number of halogens is 1. The lowest BCUT2D eigenvalue weighted by Crippen LogP contribution is -2.36. The molecule has 8 heteroatoms. The number of aromatic nitrogens is 1. The smallest absolute Gasteiger partial charge is 0.253 e. The first-order chi connectivity index (χ1) is 15.9. The lowest BCUT2D eigenvalue weighted by atomic mass is 10.1. The topological polar surface area (TPSA) is 78.9 Å². The Morgan fingerprint density at radius 1 is 0.941 bits per heavy atom. The molecule has 0 atom stereocenters. The number of carbonyl (C=O) groups excluding carboxylic acids is 1. The van der Waals surface area contributed by atoms with Crippen LogP contribution >= 0.6 is 24.0 Å². The molecule has 0 aliphatic carbocycles. The van der Waals surface area contributed by atoms with E-state index in [1.165, 1.54) is 11.1 Å². The number of aliphatic imine (C=N–C) groups is 1. The maximum absolute atomic E-state index is 12.0. The summed E-state index contributed by atoms with van der Waals surface area (Å²) in [6.07, 6.45) is 1.74. The van der Waals surface area contributed by atoms with E-state index < -0.39 is 0 Å². The summed E-state index contributed by atoms with van der Waals surface area (Å²) in [5.41, 5.74) is 5.16. The van der Waals surface area contributed by atoms with E-state index >= 15 is 0 Å². The highest BCUT2D eigenvalue weighted by Gasteiger charge is 2.08. The minimum absolute atomic E-state index is 0. The van der Waals surface area contributed by atoms with Gasteiger partial charge in [-0.2, -0.15) is 0 Å². The fourth-order valence-corrected chi connectivity index (χ4v) is 3.13. The second-order valence-corrected chi connectivity index (χ2v) is 8.03. The van der Waals surface area contributed by atoms with Gasteiger partial charge in [0.15, 0.2) is 5.96 Å². The van der Waals surface area contributed by atoms with Gasteiger partial charge in [0, 0.05) is 52.1 Å². The summed E-state index contributed by atoms with van der Waals surface area (Å²) in [5.74, 6) is 1.99. The molecule has 0 fully saturated rings. The fraction of sp³-hybridized carbons (Fsp3) is 0.269. The Hall–Kier alpha value is -3.14. The van der Waals surface area contributed by atoms with Gasteiger partial charge in [0.1, 0.15) is 5.75 Å². The molecule has 0 spiro atoms. The highest BCUT2D eigenvalue weighted by atomic mass is 127. The van der Waals surface area contributed by atoms with Crippen LogP contribution in [0, 0.1) is 13.8 Å². The van der Waals surface area contributed by atoms with Crippen molar-refractivity contribution >= 4 is 35.8 Å². The Kier molecular flexibility index (Phi) is 10.3. The second kappa shape index (κ2) is 12.9. The average Bonchev–Trinajstić information content (AvgIpc) is 2.81. The van der Waals surface area contributed by atoms with E-state index in [1.54, 1.807) is 32.2 Å². The van der Waals surface area contributed by atoms with E-state index in [0.29, 0.717) is 30.5 Å². The number of ether oxygens (including phenoxy) is 1. The summed E-state index contributed by atoms with van der Waals surface area (Å²) >= 11 is 0. The van der Waals surface area contributed by atoms with Crippen molar-refractivity contribution in [3.05, 3.63) is 88.6 Å². The van der Waals surface area contributed by atoms with Gasteiger partial charge in [-0.1, -0.05) is 18.2 Å². The molecule has 0 aliphatic heterocycles. The van der Waals surface area contributed by atoms with Crippen LogP contribution in [0.5, 0.6) is 11.6 Å². The van der Waals surface area contributed by atoms with E-state index in [4.69, 9.17) is 4.74 Å². The summed E-state index contributed by atoms with van der Waals surface area (Å²) < 4.78 is 5.92. The first-order valence-electron chi connectivity index (χ1n) is 10.8. The number of hydrogen-bond acceptors (Lipinski definition) is 4. The number of amides is 1. The second-order valence-electron chi connectivity index (χ2n) is 8.03. The highest BCUT2D eigenvalue weighted by Crippen LogP contribution is 2.22. The summed E-state index contributed by atoms with van der Waals surface area (Å²) in [7, 11) is 5.22. The van der Waals surface area contributed by atoms with Crippen molar-refractivity contribution in [2.45, 2.75) is 26.9 Å². The monoisotopic (exact) mass is 573 g/mol. The minimum atomic E-state index is -0.00908. The van der Waals surface area contributed by atoms with Gasteiger partial charge in [0.2, 0.25) is 5.88 Å². The van der Waals surface area contributed by atoms with E-state index in [0.717, 1.165) is 16.9 Å². The van der Waals surface area contributed by atoms with E-state index in [9.17, 15) is 4.79 Å². The number of hydrogen-bond donors (Lipinski definition) is 2. The van der Waals surface area contributed by atoms with Crippen LogP contribution in [-0.2, 0) is 13.1 Å². The van der Waals surface area contributed by atoms with Gasteiger partial charge in [0.25, 0.3) is 5.91 Å². The van der Waals surface area contributed by atoms with Crippen molar-refractivity contribution < 1.29 is 9.53 Å². The summed E-state index contributed by atoms with van der Waals surface area (Å²) in [5, 5.41) is 6.59. The zero-order valence-corrected chi connectivity index (χ0v) is 22.6. The molecular weight excluding hydrogens is 541 g/mol. The van der Waals surface area contributed by atoms with Crippen LogP contribution in [0.25, 0.3) is 0 Å². The molecule has 0 saturated heterocycles. The Morgan fingerprint density at radius 3 is 2.24 bits per heavy atom. The number of benzene rings is 2. The Morgan fingerprint density at radius 2 is 1.62 bits per heavy atom. The largest absolute Gasteiger partial charge is 0.439 e. The van der Waals surface area contributed by atoms with Crippen LogP contribution in [0.4, 0.5) is 0 Å². The third kappa shape index (κ3) is 7.72. The standard InChI is InChI=1S/C26H31N5O2.HI/c1-18-6-11-23(14-19(18)2)33-24-15-21(12-13-28-24)17-30-26(27-3)29-16-20-7-9-22(10-8-20)25(32)31(4)5;/h6-15H,16-17H2,1-5H3,(H2,27,29,30);1H. The van der Waals surface area contributed by atoms with Gasteiger partial charge >= 0.3 is 0 Å². The first-order valence-corrected chi connectivity index (χ1v) is 10.8. The third-order valence-corrected chi connectivity index (χ3v) is 5.25. The average molecular weight is 573 g/mol. The molecule has 1 heterocycles. The van der Waals surface area contributed by atoms with E-state index in [2.05, 4.69) is 34.5 Å². The Bertz CT molecular complexity index is 1130. The summed E-state index contributed by atoms with van der Waals surface area (Å²) in [6.45, 7) is 5.30. The van der Waals surface area contributed by atoms with Crippen molar-refractivity contribution in [2.75, 3.05) is 21.1 Å². The molecule has 180 valence electrons. The van der Waals surface area contributed by atoms with Crippen molar-refractivity contribution in [3.63, 3.8) is 0 Å². The predicted octanol–water partition coefficient (Wildman–Crippen LogP) is 4.68. The molecule has 34 heavy (non-hydrogen) atoms. The first kappa shape index (κ1) is 27.1. The molecule has 0 aliphatic rings. The fourth-order valence-electron chi connectivity index (χ4n) is 3.13. The molecule has 0 saturated carbocycles. The van der Waals surface area contributed by atoms with Crippen molar-refractivity contribution in [3.8, 4) is 11.6 Å². The maximum Gasteiger partial charge on any atom is 0.253 e. The minimum Gasteiger partial charge on any atom is -0.439 e. The van der Waals surface area contributed by atoms with E-state index in [-0.39, 0.29) is 29.9 Å². The van der Waals surface area contributed by atoms with Crippen LogP contribution in [0.1, 0.15) is 32.6 Å². The molecule has 3 rings (SSSR count). The number of nitrogens with one attached hydrogen (secondary N) is 2. The predicted molar refractivity (Wildman–Crippen MR) is 147 cm³/mol. The quantitative estimate of drug-likeness (QED) is 0.244. The number of guanidine groups is 1. The molecular formula is C26H32IN5O2. The van der Waals surface area contributed by atoms with Gasteiger partial charge < -0.3 is 20.3 Å². The molecule has 7 nitrogen and oxygen atoms in total. The number of nitrogens with zero attached hydrogens (tertiary/aromatic N) is 3. The van der Waals surface area contributed by atoms with Gasteiger partial charge in [-0.25, -0.2) is 4.98 Å². The highest BCUT2D eigenvalue weighted by molar-refractivity contribution is 14.0. The number of carbonyl (C=O) groups is 1. The lowest BCUT2D eigenvalue weighted by Gasteiger charge is -2.13. The molecule has 0 unspecified atom stereocenters.